The van der Waals surface area contributed by atoms with Gasteiger partial charge in [-0.15, -0.1) is 21.5 Å². The topological polar surface area (TPSA) is 85.0 Å². The largest absolute Gasteiger partial charge is 0.343 e. The van der Waals surface area contributed by atoms with E-state index in [0.717, 1.165) is 28.7 Å². The highest BCUT2D eigenvalue weighted by Crippen LogP contribution is 2.32. The molecule has 0 saturated carbocycles. The van der Waals surface area contributed by atoms with Crippen molar-refractivity contribution in [2.24, 2.45) is 0 Å². The first-order chi connectivity index (χ1) is 19.3. The molecule has 8 nitrogen and oxygen atoms in total. The third-order valence-corrected chi connectivity index (χ3v) is 8.39. The number of thiophene rings is 1. The van der Waals surface area contributed by atoms with Crippen molar-refractivity contribution in [1.82, 2.24) is 29.5 Å². The van der Waals surface area contributed by atoms with Crippen molar-refractivity contribution in [3.05, 3.63) is 99.0 Å². The number of likely N-dealkylation sites (N-methyl/N-ethyl adjacent to an activating group) is 1. The molecule has 1 N–H and O–H groups in total. The van der Waals surface area contributed by atoms with Crippen LogP contribution in [0.3, 0.4) is 0 Å². The van der Waals surface area contributed by atoms with Gasteiger partial charge in [-0.05, 0) is 57.8 Å². The number of carbonyl (C=O) groups excluding carboxylic acids is 2. The standard InChI is InChI=1S/C30H31ClN6O2S/c1-5-21-17-23(28(38)22-11-7-8-12-24(22)31)30(40-21)37-19(2)33-34-27(37)18-32-29(39)26-16-20-10-6-9-13-25(20)36(26)15-14-35(3)4/h6-13,16-17H,5,14-15,18H2,1-4H3,(H,32,39). The molecule has 0 fully saturated rings. The number of ketones is 1. The number of amides is 1. The normalized spacial score (nSPS) is 11.4. The number of fused-ring (bicyclic) bond motifs is 1. The van der Waals surface area contributed by atoms with Crippen LogP contribution in [0.1, 0.15) is 49.9 Å². The Balaban J connectivity index is 1.46. The van der Waals surface area contributed by atoms with E-state index in [1.807, 2.05) is 66.6 Å². The number of nitrogens with zero attached hydrogens (tertiary/aromatic N) is 5. The number of carbonyl (C=O) groups is 2. The predicted molar refractivity (Wildman–Crippen MR) is 160 cm³/mol. The lowest BCUT2D eigenvalue weighted by atomic mass is 10.0. The number of nitrogens with one attached hydrogen (secondary N) is 1. The minimum absolute atomic E-state index is 0.147. The Morgan fingerprint density at radius 1 is 1.02 bits per heavy atom. The highest BCUT2D eigenvalue weighted by molar-refractivity contribution is 7.15. The second-order valence-corrected chi connectivity index (χ2v) is 11.3. The molecule has 3 heterocycles. The first-order valence-electron chi connectivity index (χ1n) is 13.1. The summed E-state index contributed by atoms with van der Waals surface area (Å²) >= 11 is 7.89. The summed E-state index contributed by atoms with van der Waals surface area (Å²) in [7, 11) is 4.03. The van der Waals surface area contributed by atoms with Gasteiger partial charge in [0.05, 0.1) is 17.1 Å². The van der Waals surface area contributed by atoms with Gasteiger partial charge in [0.15, 0.2) is 11.6 Å². The number of benzene rings is 2. The molecule has 0 aliphatic carbocycles. The van der Waals surface area contributed by atoms with Gasteiger partial charge in [0.2, 0.25) is 0 Å². The summed E-state index contributed by atoms with van der Waals surface area (Å²) in [6.07, 6.45) is 0.776. The molecule has 3 aromatic heterocycles. The van der Waals surface area contributed by atoms with Crippen molar-refractivity contribution in [3.63, 3.8) is 0 Å². The van der Waals surface area contributed by atoms with Gasteiger partial charge < -0.3 is 14.8 Å². The molecule has 0 aliphatic heterocycles. The summed E-state index contributed by atoms with van der Waals surface area (Å²) < 4.78 is 3.91. The third-order valence-electron chi connectivity index (χ3n) is 6.79. The van der Waals surface area contributed by atoms with Gasteiger partial charge in [0.1, 0.15) is 16.5 Å². The molecule has 0 unspecified atom stereocenters. The third kappa shape index (κ3) is 5.45. The van der Waals surface area contributed by atoms with Gasteiger partial charge in [-0.25, -0.2) is 0 Å². The van der Waals surface area contributed by atoms with Crippen LogP contribution >= 0.6 is 22.9 Å². The first kappa shape index (κ1) is 27.8. The molecule has 0 aliphatic rings. The maximum absolute atomic E-state index is 13.6. The van der Waals surface area contributed by atoms with E-state index in [4.69, 9.17) is 11.6 Å². The van der Waals surface area contributed by atoms with Crippen LogP contribution in [0.2, 0.25) is 5.02 Å². The van der Waals surface area contributed by atoms with Crippen molar-refractivity contribution < 1.29 is 9.59 Å². The van der Waals surface area contributed by atoms with Crippen molar-refractivity contribution >= 4 is 45.5 Å². The van der Waals surface area contributed by atoms with Crippen molar-refractivity contribution in [3.8, 4) is 5.00 Å². The van der Waals surface area contributed by atoms with Gasteiger partial charge >= 0.3 is 0 Å². The molecule has 1 amide bonds. The molecule has 0 saturated heterocycles. The van der Waals surface area contributed by atoms with Crippen LogP contribution < -0.4 is 5.32 Å². The smallest absolute Gasteiger partial charge is 0.268 e. The average molecular weight is 575 g/mol. The molecular weight excluding hydrogens is 544 g/mol. The molecular formula is C30H31ClN6O2S. The number of hydrogen-bond donors (Lipinski definition) is 1. The highest BCUT2D eigenvalue weighted by Gasteiger charge is 2.24. The fraction of sp³-hybridized carbons (Fsp3) is 0.267. The van der Waals surface area contributed by atoms with Crippen LogP contribution in [0.15, 0.2) is 60.7 Å². The summed E-state index contributed by atoms with van der Waals surface area (Å²) in [5.41, 5.74) is 2.58. The van der Waals surface area contributed by atoms with Gasteiger partial charge in [0.25, 0.3) is 5.91 Å². The first-order valence-corrected chi connectivity index (χ1v) is 14.3. The number of hydrogen-bond acceptors (Lipinski definition) is 6. The van der Waals surface area contributed by atoms with E-state index in [1.165, 1.54) is 11.3 Å². The molecule has 10 heteroatoms. The quantitative estimate of drug-likeness (QED) is 0.222. The van der Waals surface area contributed by atoms with E-state index < -0.39 is 0 Å². The minimum Gasteiger partial charge on any atom is -0.343 e. The molecule has 5 aromatic rings. The lowest BCUT2D eigenvalue weighted by Gasteiger charge is -2.15. The Morgan fingerprint density at radius 2 is 1.77 bits per heavy atom. The molecule has 40 heavy (non-hydrogen) atoms. The van der Waals surface area contributed by atoms with Crippen LogP contribution in [-0.4, -0.2) is 56.6 Å². The Kier molecular flexibility index (Phi) is 8.16. The predicted octanol–water partition coefficient (Wildman–Crippen LogP) is 5.53. The summed E-state index contributed by atoms with van der Waals surface area (Å²) in [4.78, 5) is 30.2. The monoisotopic (exact) mass is 574 g/mol. The van der Waals surface area contributed by atoms with E-state index in [0.29, 0.717) is 45.0 Å². The Bertz CT molecular complexity index is 1700. The molecule has 0 atom stereocenters. The zero-order valence-electron chi connectivity index (χ0n) is 22.9. The number of rotatable bonds is 10. The fourth-order valence-electron chi connectivity index (χ4n) is 4.70. The maximum atomic E-state index is 13.6. The summed E-state index contributed by atoms with van der Waals surface area (Å²) in [6.45, 7) is 5.52. The zero-order chi connectivity index (χ0) is 28.4. The van der Waals surface area contributed by atoms with Crippen molar-refractivity contribution in [2.75, 3.05) is 20.6 Å². The molecule has 5 rings (SSSR count). The summed E-state index contributed by atoms with van der Waals surface area (Å²) in [5.74, 6) is 0.807. The van der Waals surface area contributed by atoms with Crippen molar-refractivity contribution in [2.45, 2.75) is 33.4 Å². The Labute approximate surface area is 242 Å². The van der Waals surface area contributed by atoms with E-state index in [2.05, 4.69) is 27.3 Å². The van der Waals surface area contributed by atoms with Crippen LogP contribution in [-0.2, 0) is 19.5 Å². The van der Waals surface area contributed by atoms with E-state index in [9.17, 15) is 9.59 Å². The molecule has 2 aromatic carbocycles. The van der Waals surface area contributed by atoms with Gasteiger partial charge in [-0.1, -0.05) is 48.9 Å². The molecule has 0 spiro atoms. The van der Waals surface area contributed by atoms with Gasteiger partial charge in [-0.3, -0.25) is 14.2 Å². The van der Waals surface area contributed by atoms with Crippen LogP contribution in [0.5, 0.6) is 0 Å². The SMILES string of the molecule is CCc1cc(C(=O)c2ccccc2Cl)c(-n2c(C)nnc2CNC(=O)c2cc3ccccc3n2CCN(C)C)s1. The highest BCUT2D eigenvalue weighted by atomic mass is 35.5. The zero-order valence-corrected chi connectivity index (χ0v) is 24.5. The minimum atomic E-state index is -0.199. The summed E-state index contributed by atoms with van der Waals surface area (Å²) in [5, 5.41) is 13.8. The van der Waals surface area contributed by atoms with Crippen LogP contribution in [0.25, 0.3) is 15.9 Å². The summed E-state index contributed by atoms with van der Waals surface area (Å²) in [6, 6.07) is 18.9. The van der Waals surface area contributed by atoms with E-state index >= 15 is 0 Å². The number of para-hydroxylation sites is 1. The van der Waals surface area contributed by atoms with Gasteiger partial charge in [0, 0.05) is 34.4 Å². The molecule has 206 valence electrons. The van der Waals surface area contributed by atoms with E-state index in [-0.39, 0.29) is 18.2 Å². The number of halogens is 1. The second kappa shape index (κ2) is 11.8. The van der Waals surface area contributed by atoms with Gasteiger partial charge in [-0.2, -0.15) is 0 Å². The number of aromatic nitrogens is 4. The lowest BCUT2D eigenvalue weighted by molar-refractivity contribution is 0.0939. The molecule has 0 radical (unpaired) electrons. The van der Waals surface area contributed by atoms with Crippen molar-refractivity contribution in [1.29, 1.82) is 0 Å². The Hall–Kier alpha value is -3.79. The Morgan fingerprint density at radius 3 is 2.52 bits per heavy atom. The van der Waals surface area contributed by atoms with Crippen LogP contribution in [0, 0.1) is 6.92 Å². The van der Waals surface area contributed by atoms with Crippen LogP contribution in [0.4, 0.5) is 0 Å². The number of aryl methyl sites for hydroxylation is 2. The van der Waals surface area contributed by atoms with E-state index in [1.54, 1.807) is 24.3 Å². The lowest BCUT2D eigenvalue weighted by Crippen LogP contribution is -2.28. The second-order valence-electron chi connectivity index (χ2n) is 9.82. The molecule has 0 bridgehead atoms. The fourth-order valence-corrected chi connectivity index (χ4v) is 6.08. The average Bonchev–Trinajstić information content (AvgIpc) is 3.64. The maximum Gasteiger partial charge on any atom is 0.268 e.